The van der Waals surface area contributed by atoms with Crippen molar-refractivity contribution in [1.29, 1.82) is 0 Å². The summed E-state index contributed by atoms with van der Waals surface area (Å²) in [5.41, 5.74) is 0. The Bertz CT molecular complexity index is 398. The van der Waals surface area contributed by atoms with E-state index in [1.54, 1.807) is 0 Å². The molecule has 0 aromatic heterocycles. The standard InChI is InChI=1S/C11H13F2NO3/c1-14-8(11(15)16-2)6-17-9-5-3-4-7(12)10(9)13/h3-5,8,14H,6H2,1-2H3. The van der Waals surface area contributed by atoms with E-state index in [9.17, 15) is 13.6 Å². The van der Waals surface area contributed by atoms with Crippen LogP contribution in [0.4, 0.5) is 8.78 Å². The maximum Gasteiger partial charge on any atom is 0.326 e. The van der Waals surface area contributed by atoms with Crippen LogP contribution >= 0.6 is 0 Å². The van der Waals surface area contributed by atoms with Gasteiger partial charge in [0.1, 0.15) is 12.6 Å². The number of carbonyl (C=O) groups is 1. The highest BCUT2D eigenvalue weighted by atomic mass is 19.2. The lowest BCUT2D eigenvalue weighted by molar-refractivity contribution is -0.143. The largest absolute Gasteiger partial charge is 0.488 e. The van der Waals surface area contributed by atoms with E-state index in [4.69, 9.17) is 4.74 Å². The third-order valence-corrected chi connectivity index (χ3v) is 2.16. The second kappa shape index (κ2) is 6.15. The Kier molecular flexibility index (Phi) is 4.84. The van der Waals surface area contributed by atoms with Gasteiger partial charge >= 0.3 is 5.97 Å². The molecule has 0 fully saturated rings. The molecule has 1 unspecified atom stereocenters. The van der Waals surface area contributed by atoms with E-state index >= 15 is 0 Å². The van der Waals surface area contributed by atoms with Crippen LogP contribution in [-0.2, 0) is 9.53 Å². The Morgan fingerprint density at radius 1 is 1.47 bits per heavy atom. The molecule has 0 heterocycles. The predicted molar refractivity (Wildman–Crippen MR) is 56.7 cm³/mol. The smallest absolute Gasteiger partial charge is 0.326 e. The summed E-state index contributed by atoms with van der Waals surface area (Å²) in [6.07, 6.45) is 0. The zero-order valence-corrected chi connectivity index (χ0v) is 9.50. The van der Waals surface area contributed by atoms with Crippen LogP contribution in [0.5, 0.6) is 5.75 Å². The van der Waals surface area contributed by atoms with Crippen molar-refractivity contribution in [2.45, 2.75) is 6.04 Å². The molecule has 0 saturated heterocycles. The first kappa shape index (κ1) is 13.4. The molecule has 1 aromatic rings. The molecule has 0 amide bonds. The van der Waals surface area contributed by atoms with Gasteiger partial charge in [-0.25, -0.2) is 4.39 Å². The van der Waals surface area contributed by atoms with Crippen LogP contribution in [-0.4, -0.2) is 32.8 Å². The van der Waals surface area contributed by atoms with Crippen molar-refractivity contribution < 1.29 is 23.0 Å². The van der Waals surface area contributed by atoms with Crippen molar-refractivity contribution in [3.8, 4) is 5.75 Å². The number of likely N-dealkylation sites (N-methyl/N-ethyl adjacent to an activating group) is 1. The van der Waals surface area contributed by atoms with E-state index in [1.807, 2.05) is 0 Å². The number of methoxy groups -OCH3 is 1. The number of hydrogen-bond donors (Lipinski definition) is 1. The first-order valence-corrected chi connectivity index (χ1v) is 4.92. The zero-order valence-electron chi connectivity index (χ0n) is 9.50. The fraction of sp³-hybridized carbons (Fsp3) is 0.364. The molecule has 17 heavy (non-hydrogen) atoms. The molecular formula is C11H13F2NO3. The molecule has 1 aromatic carbocycles. The predicted octanol–water partition coefficient (Wildman–Crippen LogP) is 1.10. The van der Waals surface area contributed by atoms with Crippen LogP contribution in [0, 0.1) is 11.6 Å². The summed E-state index contributed by atoms with van der Waals surface area (Å²) in [7, 11) is 2.77. The topological polar surface area (TPSA) is 47.6 Å². The van der Waals surface area contributed by atoms with Gasteiger partial charge in [0.05, 0.1) is 7.11 Å². The van der Waals surface area contributed by atoms with Gasteiger partial charge < -0.3 is 14.8 Å². The van der Waals surface area contributed by atoms with Crippen molar-refractivity contribution in [2.75, 3.05) is 20.8 Å². The second-order valence-electron chi connectivity index (χ2n) is 3.23. The van der Waals surface area contributed by atoms with Crippen molar-refractivity contribution in [3.63, 3.8) is 0 Å². The zero-order chi connectivity index (χ0) is 12.8. The molecular weight excluding hydrogens is 232 g/mol. The maximum absolute atomic E-state index is 13.2. The van der Waals surface area contributed by atoms with Crippen LogP contribution in [0.2, 0.25) is 0 Å². The minimum absolute atomic E-state index is 0.149. The summed E-state index contributed by atoms with van der Waals surface area (Å²) in [6.45, 7) is -0.149. The van der Waals surface area contributed by atoms with Gasteiger partial charge in [-0.2, -0.15) is 4.39 Å². The van der Waals surface area contributed by atoms with Gasteiger partial charge in [0.15, 0.2) is 11.6 Å². The van der Waals surface area contributed by atoms with Crippen molar-refractivity contribution in [3.05, 3.63) is 29.8 Å². The van der Waals surface area contributed by atoms with Crippen LogP contribution in [0.3, 0.4) is 0 Å². The molecule has 0 bridgehead atoms. The summed E-state index contributed by atoms with van der Waals surface area (Å²) >= 11 is 0. The fourth-order valence-electron chi connectivity index (χ4n) is 1.18. The fourth-order valence-corrected chi connectivity index (χ4v) is 1.18. The molecule has 0 saturated carbocycles. The summed E-state index contributed by atoms with van der Waals surface area (Å²) in [5, 5.41) is 2.64. The summed E-state index contributed by atoms with van der Waals surface area (Å²) in [4.78, 5) is 11.2. The number of carbonyl (C=O) groups excluding carboxylic acids is 1. The molecule has 4 nitrogen and oxygen atoms in total. The van der Waals surface area contributed by atoms with Crippen LogP contribution < -0.4 is 10.1 Å². The van der Waals surface area contributed by atoms with Crippen LogP contribution in [0.1, 0.15) is 0 Å². The third kappa shape index (κ3) is 3.39. The number of rotatable bonds is 5. The Labute approximate surface area is 97.5 Å². The number of nitrogens with one attached hydrogen (secondary N) is 1. The van der Waals surface area contributed by atoms with E-state index in [0.717, 1.165) is 6.07 Å². The lowest BCUT2D eigenvalue weighted by Crippen LogP contribution is -2.40. The first-order valence-electron chi connectivity index (χ1n) is 4.92. The van der Waals surface area contributed by atoms with E-state index in [2.05, 4.69) is 10.1 Å². The molecule has 0 radical (unpaired) electrons. The third-order valence-electron chi connectivity index (χ3n) is 2.16. The lowest BCUT2D eigenvalue weighted by Gasteiger charge is -2.14. The van der Waals surface area contributed by atoms with Crippen molar-refractivity contribution in [1.82, 2.24) is 5.32 Å². The Morgan fingerprint density at radius 2 is 2.18 bits per heavy atom. The quantitative estimate of drug-likeness (QED) is 0.789. The molecule has 1 N–H and O–H groups in total. The minimum Gasteiger partial charge on any atom is -0.488 e. The van der Waals surface area contributed by atoms with E-state index in [0.29, 0.717) is 0 Å². The normalized spacial score (nSPS) is 12.0. The lowest BCUT2D eigenvalue weighted by atomic mass is 10.3. The number of esters is 1. The van der Waals surface area contributed by atoms with Crippen molar-refractivity contribution >= 4 is 5.97 Å². The monoisotopic (exact) mass is 245 g/mol. The van der Waals surface area contributed by atoms with Gasteiger partial charge in [-0.3, -0.25) is 4.79 Å². The summed E-state index contributed by atoms with van der Waals surface area (Å²) in [5.74, 6) is -2.85. The summed E-state index contributed by atoms with van der Waals surface area (Å²) < 4.78 is 35.6. The molecule has 1 atom stereocenters. The number of benzene rings is 1. The number of ether oxygens (including phenoxy) is 2. The Balaban J connectivity index is 2.66. The Hall–Kier alpha value is -1.69. The average molecular weight is 245 g/mol. The van der Waals surface area contributed by atoms with Gasteiger partial charge in [-0.1, -0.05) is 6.07 Å². The molecule has 0 aliphatic rings. The summed E-state index contributed by atoms with van der Waals surface area (Å²) in [6, 6.07) is 2.85. The van der Waals surface area contributed by atoms with E-state index in [-0.39, 0.29) is 12.4 Å². The number of hydrogen-bond acceptors (Lipinski definition) is 4. The average Bonchev–Trinajstić information content (AvgIpc) is 2.34. The Morgan fingerprint density at radius 3 is 2.76 bits per heavy atom. The molecule has 6 heteroatoms. The number of halogens is 2. The van der Waals surface area contributed by atoms with Gasteiger partial charge in [0, 0.05) is 0 Å². The molecule has 94 valence electrons. The van der Waals surface area contributed by atoms with Crippen LogP contribution in [0.15, 0.2) is 18.2 Å². The van der Waals surface area contributed by atoms with E-state index < -0.39 is 23.6 Å². The molecule has 0 aliphatic carbocycles. The first-order chi connectivity index (χ1) is 8.10. The molecule has 1 rings (SSSR count). The van der Waals surface area contributed by atoms with Gasteiger partial charge in [0.2, 0.25) is 5.82 Å². The minimum atomic E-state index is -1.08. The van der Waals surface area contributed by atoms with Crippen molar-refractivity contribution in [2.24, 2.45) is 0 Å². The maximum atomic E-state index is 13.2. The van der Waals surface area contributed by atoms with Gasteiger partial charge in [0.25, 0.3) is 0 Å². The molecule has 0 aliphatic heterocycles. The second-order valence-corrected chi connectivity index (χ2v) is 3.23. The van der Waals surface area contributed by atoms with Gasteiger partial charge in [-0.05, 0) is 19.2 Å². The SMILES string of the molecule is CNC(COc1cccc(F)c1F)C(=O)OC. The highest BCUT2D eigenvalue weighted by molar-refractivity contribution is 5.75. The highest BCUT2D eigenvalue weighted by Gasteiger charge is 2.18. The highest BCUT2D eigenvalue weighted by Crippen LogP contribution is 2.19. The van der Waals surface area contributed by atoms with Crippen LogP contribution in [0.25, 0.3) is 0 Å². The van der Waals surface area contributed by atoms with Gasteiger partial charge in [-0.15, -0.1) is 0 Å². The molecule has 0 spiro atoms. The van der Waals surface area contributed by atoms with E-state index in [1.165, 1.54) is 26.3 Å².